The monoisotopic (exact) mass is 421 g/mol. The summed E-state index contributed by atoms with van der Waals surface area (Å²) in [6, 6.07) is 18.1. The normalized spacial score (nSPS) is 18.1. The Morgan fingerprint density at radius 2 is 1.60 bits per heavy atom. The highest BCUT2D eigenvalue weighted by Crippen LogP contribution is 2.44. The highest BCUT2D eigenvalue weighted by Gasteiger charge is 2.47. The number of hydrogen-bond acceptors (Lipinski definition) is 3. The van der Waals surface area contributed by atoms with E-state index in [4.69, 9.17) is 11.6 Å². The zero-order chi connectivity index (χ0) is 21.4. The van der Waals surface area contributed by atoms with Gasteiger partial charge in [-0.25, -0.2) is 4.39 Å². The van der Waals surface area contributed by atoms with Crippen LogP contribution in [-0.2, 0) is 9.59 Å². The van der Waals surface area contributed by atoms with Crippen molar-refractivity contribution in [1.29, 1.82) is 0 Å². The molecular weight excluding hydrogens is 405 g/mol. The third kappa shape index (κ3) is 3.37. The first-order chi connectivity index (χ1) is 14.4. The van der Waals surface area contributed by atoms with E-state index < -0.39 is 23.5 Å². The van der Waals surface area contributed by atoms with Gasteiger partial charge in [0.15, 0.2) is 0 Å². The van der Waals surface area contributed by atoms with Crippen molar-refractivity contribution < 1.29 is 19.1 Å². The van der Waals surface area contributed by atoms with Gasteiger partial charge in [-0.1, -0.05) is 59.6 Å². The van der Waals surface area contributed by atoms with E-state index in [9.17, 15) is 19.1 Å². The number of aliphatic hydroxyl groups is 1. The van der Waals surface area contributed by atoms with E-state index in [1.807, 2.05) is 6.92 Å². The molecule has 0 radical (unpaired) electrons. The lowest BCUT2D eigenvalue weighted by molar-refractivity contribution is -0.132. The highest BCUT2D eigenvalue weighted by atomic mass is 35.5. The Bertz CT molecular complexity index is 1170. The van der Waals surface area contributed by atoms with Gasteiger partial charge in [-0.15, -0.1) is 0 Å². The highest BCUT2D eigenvalue weighted by molar-refractivity contribution is 6.52. The van der Waals surface area contributed by atoms with Gasteiger partial charge in [0.1, 0.15) is 11.6 Å². The van der Waals surface area contributed by atoms with Crippen LogP contribution in [0.3, 0.4) is 0 Å². The minimum absolute atomic E-state index is 0.0683. The quantitative estimate of drug-likeness (QED) is 0.349. The van der Waals surface area contributed by atoms with Gasteiger partial charge in [0.05, 0.1) is 11.6 Å². The Morgan fingerprint density at radius 3 is 2.23 bits per heavy atom. The molecule has 30 heavy (non-hydrogen) atoms. The fourth-order valence-electron chi connectivity index (χ4n) is 3.56. The van der Waals surface area contributed by atoms with Crippen molar-refractivity contribution in [2.45, 2.75) is 13.0 Å². The lowest BCUT2D eigenvalue weighted by atomic mass is 9.95. The number of ketones is 1. The molecule has 1 aliphatic heterocycles. The maximum atomic E-state index is 13.4. The molecule has 0 aliphatic carbocycles. The van der Waals surface area contributed by atoms with E-state index in [0.717, 1.165) is 5.56 Å². The molecule has 0 bridgehead atoms. The van der Waals surface area contributed by atoms with Crippen LogP contribution in [-0.4, -0.2) is 16.8 Å². The van der Waals surface area contributed by atoms with E-state index in [1.165, 1.54) is 29.2 Å². The summed E-state index contributed by atoms with van der Waals surface area (Å²) in [7, 11) is 0. The van der Waals surface area contributed by atoms with Crippen LogP contribution in [0, 0.1) is 12.7 Å². The number of rotatable bonds is 3. The number of halogens is 2. The molecule has 4 rings (SSSR count). The molecule has 0 saturated carbocycles. The fourth-order valence-corrected chi connectivity index (χ4v) is 3.80. The molecule has 6 heteroatoms. The van der Waals surface area contributed by atoms with E-state index in [0.29, 0.717) is 21.8 Å². The van der Waals surface area contributed by atoms with Gasteiger partial charge < -0.3 is 5.11 Å². The molecule has 0 aromatic heterocycles. The van der Waals surface area contributed by atoms with Crippen LogP contribution < -0.4 is 4.90 Å². The molecule has 3 aromatic carbocycles. The van der Waals surface area contributed by atoms with E-state index in [-0.39, 0.29) is 11.3 Å². The SMILES string of the molecule is Cc1ccc(/C(O)=C2\C(=O)C(=O)N(c3ccc(F)cc3)[C@@H]2c2ccccc2Cl)cc1. The molecule has 1 atom stereocenters. The zero-order valence-electron chi connectivity index (χ0n) is 16.0. The van der Waals surface area contributed by atoms with Crippen LogP contribution in [0.1, 0.15) is 22.7 Å². The number of hydrogen-bond donors (Lipinski definition) is 1. The Balaban J connectivity index is 1.96. The van der Waals surface area contributed by atoms with Crippen molar-refractivity contribution in [3.05, 3.63) is 106 Å². The molecule has 1 saturated heterocycles. The van der Waals surface area contributed by atoms with Gasteiger partial charge in [0.2, 0.25) is 0 Å². The van der Waals surface area contributed by atoms with Crippen LogP contribution in [0.5, 0.6) is 0 Å². The molecule has 1 N–H and O–H groups in total. The summed E-state index contributed by atoms with van der Waals surface area (Å²) in [5.74, 6) is -2.41. The summed E-state index contributed by atoms with van der Waals surface area (Å²) in [6.07, 6.45) is 0. The van der Waals surface area contributed by atoms with Crippen molar-refractivity contribution in [2.75, 3.05) is 4.90 Å². The first kappa shape index (κ1) is 19.9. The maximum Gasteiger partial charge on any atom is 0.300 e. The number of carbonyl (C=O) groups excluding carboxylic acids is 2. The van der Waals surface area contributed by atoms with E-state index in [1.54, 1.807) is 48.5 Å². The van der Waals surface area contributed by atoms with Crippen molar-refractivity contribution in [1.82, 2.24) is 0 Å². The predicted molar refractivity (Wildman–Crippen MR) is 114 cm³/mol. The van der Waals surface area contributed by atoms with Crippen molar-refractivity contribution in [3.63, 3.8) is 0 Å². The zero-order valence-corrected chi connectivity index (χ0v) is 16.7. The number of aliphatic hydroxyl groups excluding tert-OH is 1. The largest absolute Gasteiger partial charge is 0.507 e. The van der Waals surface area contributed by atoms with Crippen molar-refractivity contribution in [2.24, 2.45) is 0 Å². The average Bonchev–Trinajstić information content (AvgIpc) is 3.00. The molecule has 0 spiro atoms. The molecule has 1 fully saturated rings. The summed E-state index contributed by atoms with van der Waals surface area (Å²) in [5.41, 5.74) is 2.14. The van der Waals surface area contributed by atoms with Crippen molar-refractivity contribution >= 4 is 34.7 Å². The predicted octanol–water partition coefficient (Wildman–Crippen LogP) is 5.41. The molecular formula is C24H17ClFNO3. The Kier molecular flexibility index (Phi) is 5.14. The number of Topliss-reactive ketones (excluding diaryl/α,β-unsaturated/α-hetero) is 1. The summed E-state index contributed by atoms with van der Waals surface area (Å²) < 4.78 is 13.4. The molecule has 1 heterocycles. The molecule has 4 nitrogen and oxygen atoms in total. The number of anilines is 1. The fraction of sp³-hybridized carbons (Fsp3) is 0.0833. The molecule has 3 aromatic rings. The van der Waals surface area contributed by atoms with Gasteiger partial charge in [0.25, 0.3) is 11.7 Å². The molecule has 1 amide bonds. The summed E-state index contributed by atoms with van der Waals surface area (Å²) in [5, 5.41) is 11.3. The van der Waals surface area contributed by atoms with E-state index in [2.05, 4.69) is 0 Å². The van der Waals surface area contributed by atoms with Gasteiger partial charge in [-0.2, -0.15) is 0 Å². The van der Waals surface area contributed by atoms with Crippen molar-refractivity contribution in [3.8, 4) is 0 Å². The Hall–Kier alpha value is -3.44. The van der Waals surface area contributed by atoms with Gasteiger partial charge in [-0.05, 0) is 42.8 Å². The lowest BCUT2D eigenvalue weighted by Crippen LogP contribution is -2.29. The third-order valence-electron chi connectivity index (χ3n) is 5.07. The molecule has 0 unspecified atom stereocenters. The standard InChI is InChI=1S/C24H17ClFNO3/c1-14-6-8-15(9-7-14)22(28)20-21(18-4-2-3-5-19(18)25)27(24(30)23(20)29)17-12-10-16(26)11-13-17/h2-13,21,28H,1H3/b22-20+/t21-/m1/s1. The second kappa shape index (κ2) is 7.76. The first-order valence-corrected chi connectivity index (χ1v) is 9.64. The number of nitrogens with zero attached hydrogens (tertiary/aromatic N) is 1. The van der Waals surface area contributed by atoms with Crippen LogP contribution in [0.25, 0.3) is 5.76 Å². The Morgan fingerprint density at radius 1 is 0.967 bits per heavy atom. The van der Waals surface area contributed by atoms with Gasteiger partial charge in [-0.3, -0.25) is 14.5 Å². The maximum absolute atomic E-state index is 13.4. The van der Waals surface area contributed by atoms with Crippen LogP contribution in [0.4, 0.5) is 10.1 Å². The number of carbonyl (C=O) groups is 2. The summed E-state index contributed by atoms with van der Waals surface area (Å²) in [6.45, 7) is 1.90. The topological polar surface area (TPSA) is 57.6 Å². The second-order valence-corrected chi connectivity index (χ2v) is 7.44. The van der Waals surface area contributed by atoms with Crippen LogP contribution in [0.15, 0.2) is 78.4 Å². The number of amides is 1. The van der Waals surface area contributed by atoms with Gasteiger partial charge in [0, 0.05) is 16.3 Å². The first-order valence-electron chi connectivity index (χ1n) is 9.26. The van der Waals surface area contributed by atoms with Gasteiger partial charge >= 0.3 is 0 Å². The summed E-state index contributed by atoms with van der Waals surface area (Å²) >= 11 is 6.40. The third-order valence-corrected chi connectivity index (χ3v) is 5.42. The second-order valence-electron chi connectivity index (χ2n) is 7.03. The van der Waals surface area contributed by atoms with Crippen LogP contribution in [0.2, 0.25) is 5.02 Å². The minimum Gasteiger partial charge on any atom is -0.507 e. The minimum atomic E-state index is -0.953. The average molecular weight is 422 g/mol. The lowest BCUT2D eigenvalue weighted by Gasteiger charge is -2.26. The molecule has 150 valence electrons. The Labute approximate surface area is 177 Å². The summed E-state index contributed by atoms with van der Waals surface area (Å²) in [4.78, 5) is 27.2. The molecule has 1 aliphatic rings. The number of aryl methyl sites for hydroxylation is 1. The smallest absolute Gasteiger partial charge is 0.300 e. The van der Waals surface area contributed by atoms with Crippen LogP contribution >= 0.6 is 11.6 Å². The number of benzene rings is 3. The van der Waals surface area contributed by atoms with E-state index >= 15 is 0 Å².